The van der Waals surface area contributed by atoms with Crippen LogP contribution in [0.4, 0.5) is 4.79 Å². The van der Waals surface area contributed by atoms with E-state index >= 15 is 0 Å². The standard InChI is InChI=1S/C45H53N3O4/c1-30(36-8-4-3-5-9-36)48(2)28-41-23-42(38-13-11-31(29-49)12-14-38)52-43(51-41)39-17-15-37(16-18-39)40-10-6-7-32(22-40)27-46-44(50)47-45-24-33-19-34(25-45)21-35(20-33)26-45/h3-18,22,30,33-35,41-43,49H,19-21,23-29H2,1-2H3,(H2,46,47,50). The molecule has 4 aromatic carbocycles. The third-order valence-electron chi connectivity index (χ3n) is 12.4. The van der Waals surface area contributed by atoms with Crippen LogP contribution in [0.25, 0.3) is 11.1 Å². The van der Waals surface area contributed by atoms with Crippen LogP contribution in [-0.4, -0.2) is 41.3 Å². The Morgan fingerprint density at radius 2 is 1.46 bits per heavy atom. The van der Waals surface area contributed by atoms with Gasteiger partial charge in [0, 0.05) is 36.7 Å². The zero-order valence-electron chi connectivity index (χ0n) is 30.5. The second-order valence-electron chi connectivity index (χ2n) is 16.2. The Kier molecular flexibility index (Phi) is 10.2. The maximum absolute atomic E-state index is 13.1. The van der Waals surface area contributed by atoms with Gasteiger partial charge in [-0.05, 0) is 110 Å². The fourth-order valence-corrected chi connectivity index (χ4v) is 9.92. The molecule has 1 aliphatic heterocycles. The molecule has 3 N–H and O–H groups in total. The number of carbonyl (C=O) groups is 1. The second kappa shape index (κ2) is 15.2. The molecule has 9 rings (SSSR count). The monoisotopic (exact) mass is 699 g/mol. The molecule has 52 heavy (non-hydrogen) atoms. The number of aliphatic hydroxyl groups excluding tert-OH is 1. The normalized spacial score (nSPS) is 28.5. The Hall–Kier alpha value is -4.01. The molecule has 2 amide bonds. The Labute approximate surface area is 308 Å². The Morgan fingerprint density at radius 1 is 0.788 bits per heavy atom. The molecule has 4 atom stereocenters. The van der Waals surface area contributed by atoms with Crippen molar-refractivity contribution in [2.24, 2.45) is 17.8 Å². The summed E-state index contributed by atoms with van der Waals surface area (Å²) < 4.78 is 13.3. The summed E-state index contributed by atoms with van der Waals surface area (Å²) in [6.45, 7) is 3.51. The minimum absolute atomic E-state index is 0.00920. The molecule has 4 saturated carbocycles. The van der Waals surface area contributed by atoms with Crippen molar-refractivity contribution in [1.29, 1.82) is 0 Å². The Bertz CT molecular complexity index is 1780. The molecule has 1 heterocycles. The van der Waals surface area contributed by atoms with Gasteiger partial charge < -0.3 is 25.2 Å². The molecule has 0 spiro atoms. The maximum Gasteiger partial charge on any atom is 0.315 e. The summed E-state index contributed by atoms with van der Waals surface area (Å²) in [5.74, 6) is 2.40. The number of hydrogen-bond donors (Lipinski definition) is 3. The zero-order valence-corrected chi connectivity index (χ0v) is 30.5. The van der Waals surface area contributed by atoms with Gasteiger partial charge >= 0.3 is 6.03 Å². The van der Waals surface area contributed by atoms with E-state index in [1.165, 1.54) is 24.8 Å². The van der Waals surface area contributed by atoms with Crippen molar-refractivity contribution in [2.75, 3.05) is 13.6 Å². The van der Waals surface area contributed by atoms with Crippen molar-refractivity contribution in [1.82, 2.24) is 15.5 Å². The number of ether oxygens (including phenoxy) is 2. The van der Waals surface area contributed by atoms with Crippen molar-refractivity contribution in [3.63, 3.8) is 0 Å². The first-order valence-corrected chi connectivity index (χ1v) is 19.3. The zero-order chi connectivity index (χ0) is 35.7. The minimum atomic E-state index is -0.515. The molecule has 272 valence electrons. The largest absolute Gasteiger partial charge is 0.392 e. The molecule has 0 radical (unpaired) electrons. The number of rotatable bonds is 11. The van der Waals surface area contributed by atoms with Gasteiger partial charge in [-0.15, -0.1) is 0 Å². The van der Waals surface area contributed by atoms with Crippen LogP contribution in [0.3, 0.4) is 0 Å². The van der Waals surface area contributed by atoms with E-state index in [0.717, 1.165) is 83.4 Å². The number of amides is 2. The third kappa shape index (κ3) is 7.84. The Morgan fingerprint density at radius 3 is 2.13 bits per heavy atom. The molecule has 7 heteroatoms. The highest BCUT2D eigenvalue weighted by atomic mass is 16.7. The molecule has 0 aromatic heterocycles. The van der Waals surface area contributed by atoms with E-state index < -0.39 is 6.29 Å². The van der Waals surface area contributed by atoms with Crippen LogP contribution in [0.1, 0.15) is 98.1 Å². The molecule has 4 aromatic rings. The van der Waals surface area contributed by atoms with E-state index in [9.17, 15) is 9.90 Å². The lowest BCUT2D eigenvalue weighted by molar-refractivity contribution is -0.253. The topological polar surface area (TPSA) is 83.1 Å². The van der Waals surface area contributed by atoms with Crippen LogP contribution in [-0.2, 0) is 22.6 Å². The van der Waals surface area contributed by atoms with E-state index in [0.29, 0.717) is 6.54 Å². The van der Waals surface area contributed by atoms with Crippen molar-refractivity contribution < 1.29 is 19.4 Å². The number of nitrogens with zero attached hydrogens (tertiary/aromatic N) is 1. The smallest absolute Gasteiger partial charge is 0.315 e. The molecule has 1 saturated heterocycles. The average Bonchev–Trinajstić information content (AvgIpc) is 3.16. The van der Waals surface area contributed by atoms with E-state index in [2.05, 4.69) is 121 Å². The van der Waals surface area contributed by atoms with Crippen LogP contribution >= 0.6 is 0 Å². The third-order valence-corrected chi connectivity index (χ3v) is 12.4. The fraction of sp³-hybridized carbons (Fsp3) is 0.444. The predicted octanol–water partition coefficient (Wildman–Crippen LogP) is 8.85. The summed E-state index contributed by atoms with van der Waals surface area (Å²) >= 11 is 0. The summed E-state index contributed by atoms with van der Waals surface area (Å²) in [6, 6.07) is 35.7. The second-order valence-corrected chi connectivity index (χ2v) is 16.2. The van der Waals surface area contributed by atoms with Crippen molar-refractivity contribution >= 4 is 6.03 Å². The molecule has 7 nitrogen and oxygen atoms in total. The van der Waals surface area contributed by atoms with Crippen molar-refractivity contribution in [3.8, 4) is 11.1 Å². The molecule has 4 aliphatic carbocycles. The van der Waals surface area contributed by atoms with E-state index in [1.54, 1.807) is 0 Å². The van der Waals surface area contributed by atoms with Crippen LogP contribution < -0.4 is 10.6 Å². The summed E-state index contributed by atoms with van der Waals surface area (Å²) in [6.07, 6.45) is 7.59. The number of aliphatic hydroxyl groups is 1. The molecule has 5 fully saturated rings. The van der Waals surface area contributed by atoms with Crippen LogP contribution in [0.15, 0.2) is 103 Å². The highest BCUT2D eigenvalue weighted by Gasteiger charge is 2.51. The van der Waals surface area contributed by atoms with Crippen LogP contribution in [0.2, 0.25) is 0 Å². The average molecular weight is 700 g/mol. The molecular weight excluding hydrogens is 647 g/mol. The number of carbonyl (C=O) groups excluding carboxylic acids is 1. The van der Waals surface area contributed by atoms with Crippen LogP contribution in [0, 0.1) is 17.8 Å². The maximum atomic E-state index is 13.1. The number of likely N-dealkylation sites (N-methyl/N-ethyl adjacent to an activating group) is 1. The number of urea groups is 1. The quantitative estimate of drug-likeness (QED) is 0.146. The molecule has 4 unspecified atom stereocenters. The fourth-order valence-electron chi connectivity index (χ4n) is 9.92. The van der Waals surface area contributed by atoms with Gasteiger partial charge in [-0.1, -0.05) is 97.1 Å². The summed E-state index contributed by atoms with van der Waals surface area (Å²) in [7, 11) is 2.16. The molecule has 5 aliphatic rings. The van der Waals surface area contributed by atoms with Gasteiger partial charge in [0.05, 0.1) is 18.8 Å². The number of benzene rings is 4. The van der Waals surface area contributed by atoms with Gasteiger partial charge in [-0.3, -0.25) is 4.90 Å². The first kappa shape index (κ1) is 35.0. The lowest BCUT2D eigenvalue weighted by atomic mass is 9.53. The van der Waals surface area contributed by atoms with Crippen molar-refractivity contribution in [3.05, 3.63) is 131 Å². The van der Waals surface area contributed by atoms with Gasteiger partial charge in [-0.25, -0.2) is 4.79 Å². The lowest BCUT2D eigenvalue weighted by Gasteiger charge is -2.56. The molecular formula is C45H53N3O4. The minimum Gasteiger partial charge on any atom is -0.392 e. The van der Waals surface area contributed by atoms with Gasteiger partial charge in [-0.2, -0.15) is 0 Å². The van der Waals surface area contributed by atoms with Crippen LogP contribution in [0.5, 0.6) is 0 Å². The number of hydrogen-bond acceptors (Lipinski definition) is 5. The Balaban J connectivity index is 0.929. The summed E-state index contributed by atoms with van der Waals surface area (Å²) in [4.78, 5) is 15.5. The van der Waals surface area contributed by atoms with Crippen molar-refractivity contribution in [2.45, 2.75) is 95.1 Å². The predicted molar refractivity (Wildman–Crippen MR) is 204 cm³/mol. The first-order chi connectivity index (χ1) is 25.3. The van der Waals surface area contributed by atoms with E-state index in [1.807, 2.05) is 12.1 Å². The lowest BCUT2D eigenvalue weighted by Crippen LogP contribution is -2.61. The van der Waals surface area contributed by atoms with E-state index in [-0.39, 0.29) is 36.4 Å². The first-order valence-electron chi connectivity index (χ1n) is 19.3. The molecule has 4 bridgehead atoms. The SMILES string of the molecule is CC(c1ccccc1)N(C)CC1CC(c2ccc(CO)cc2)OC(c2ccc(-c3cccc(CNC(=O)NC45CC6CC(CC(C6)C4)C5)c3)cc2)O1. The van der Waals surface area contributed by atoms with Gasteiger partial charge in [0.1, 0.15) is 0 Å². The van der Waals surface area contributed by atoms with Gasteiger partial charge in [0.2, 0.25) is 0 Å². The summed E-state index contributed by atoms with van der Waals surface area (Å²) in [5.41, 5.74) is 7.52. The summed E-state index contributed by atoms with van der Waals surface area (Å²) in [5, 5.41) is 16.2. The highest BCUT2D eigenvalue weighted by molar-refractivity contribution is 5.75. The number of nitrogens with one attached hydrogen (secondary N) is 2. The van der Waals surface area contributed by atoms with Gasteiger partial charge in [0.15, 0.2) is 6.29 Å². The van der Waals surface area contributed by atoms with Gasteiger partial charge in [0.25, 0.3) is 0 Å². The van der Waals surface area contributed by atoms with E-state index in [4.69, 9.17) is 9.47 Å². The highest BCUT2D eigenvalue weighted by Crippen LogP contribution is 2.55.